The molecular weight excluding hydrogens is 380 g/mol. The molecule has 2 rings (SSSR count). The van der Waals surface area contributed by atoms with E-state index >= 15 is 0 Å². The van der Waals surface area contributed by atoms with Gasteiger partial charge in [-0.25, -0.2) is 8.78 Å². The smallest absolute Gasteiger partial charge is 0.387 e. The summed E-state index contributed by atoms with van der Waals surface area (Å²) >= 11 is 0. The molecule has 0 aromatic heterocycles. The quantitative estimate of drug-likeness (QED) is 0.672. The van der Waals surface area contributed by atoms with Crippen molar-refractivity contribution >= 4 is 11.8 Å². The van der Waals surface area contributed by atoms with E-state index in [1.807, 2.05) is 0 Å². The van der Waals surface area contributed by atoms with Gasteiger partial charge in [0.05, 0.1) is 0 Å². The average Bonchev–Trinajstić information content (AvgIpc) is 2.66. The van der Waals surface area contributed by atoms with Gasteiger partial charge in [-0.05, 0) is 41.8 Å². The molecule has 0 bridgehead atoms. The molecule has 150 valence electrons. The summed E-state index contributed by atoms with van der Waals surface area (Å²) in [5, 5.41) is 4.83. The van der Waals surface area contributed by atoms with Gasteiger partial charge in [-0.15, -0.1) is 0 Å². The predicted octanol–water partition coefficient (Wildman–Crippen LogP) is 3.10. The highest BCUT2D eigenvalue weighted by Gasteiger charge is 2.23. The minimum absolute atomic E-state index is 0.00113. The van der Waals surface area contributed by atoms with Crippen molar-refractivity contribution in [3.63, 3.8) is 0 Å². The first-order valence-corrected chi connectivity index (χ1v) is 8.30. The molecule has 2 N–H and O–H groups in total. The van der Waals surface area contributed by atoms with Gasteiger partial charge >= 0.3 is 6.61 Å². The number of carbonyl (C=O) groups excluding carboxylic acids is 2. The Morgan fingerprint density at radius 2 is 1.71 bits per heavy atom. The zero-order chi connectivity index (χ0) is 20.7. The van der Waals surface area contributed by atoms with Crippen LogP contribution in [0.3, 0.4) is 0 Å². The van der Waals surface area contributed by atoms with Crippen LogP contribution >= 0.6 is 0 Å². The van der Waals surface area contributed by atoms with Gasteiger partial charge in [-0.3, -0.25) is 9.59 Å². The Morgan fingerprint density at radius 1 is 1.04 bits per heavy atom. The van der Waals surface area contributed by atoms with Crippen molar-refractivity contribution in [1.82, 2.24) is 10.6 Å². The number of hydrogen-bond donors (Lipinski definition) is 2. The van der Waals surface area contributed by atoms with E-state index in [0.29, 0.717) is 5.56 Å². The third kappa shape index (κ3) is 5.97. The molecule has 0 spiro atoms. The number of amides is 2. The number of hydrogen-bond acceptors (Lipinski definition) is 3. The van der Waals surface area contributed by atoms with Crippen LogP contribution in [0.4, 0.5) is 17.6 Å². The fourth-order valence-corrected chi connectivity index (χ4v) is 2.47. The summed E-state index contributed by atoms with van der Waals surface area (Å²) in [6.07, 6.45) is 0.269. The number of rotatable bonds is 8. The second-order valence-corrected chi connectivity index (χ2v) is 5.81. The molecule has 0 aliphatic heterocycles. The van der Waals surface area contributed by atoms with Crippen LogP contribution in [0.25, 0.3) is 0 Å². The van der Waals surface area contributed by atoms with Crippen molar-refractivity contribution in [3.05, 3.63) is 65.2 Å². The van der Waals surface area contributed by atoms with E-state index in [-0.39, 0.29) is 24.2 Å². The molecule has 0 saturated carbocycles. The summed E-state index contributed by atoms with van der Waals surface area (Å²) < 4.78 is 55.0. The van der Waals surface area contributed by atoms with Crippen LogP contribution in [-0.2, 0) is 16.0 Å². The summed E-state index contributed by atoms with van der Waals surface area (Å²) in [7, 11) is 1.35. The number of carbonyl (C=O) groups is 2. The summed E-state index contributed by atoms with van der Waals surface area (Å²) in [4.78, 5) is 24.2. The molecule has 9 heteroatoms. The molecule has 2 aromatic rings. The molecular formula is C19H18F4N2O3. The topological polar surface area (TPSA) is 67.4 Å². The van der Waals surface area contributed by atoms with E-state index in [0.717, 1.165) is 12.1 Å². The molecule has 0 heterocycles. The zero-order valence-corrected chi connectivity index (χ0v) is 14.8. The molecule has 2 amide bonds. The Balaban J connectivity index is 1.99. The first-order valence-electron chi connectivity index (χ1n) is 8.30. The molecule has 0 saturated heterocycles. The highest BCUT2D eigenvalue weighted by atomic mass is 19.3. The third-order valence-electron chi connectivity index (χ3n) is 3.88. The van der Waals surface area contributed by atoms with Gasteiger partial charge in [0, 0.05) is 13.5 Å². The first kappa shape index (κ1) is 21.2. The van der Waals surface area contributed by atoms with Crippen molar-refractivity contribution in [2.45, 2.75) is 25.5 Å². The van der Waals surface area contributed by atoms with Crippen molar-refractivity contribution in [1.29, 1.82) is 0 Å². The lowest BCUT2D eigenvalue weighted by Crippen LogP contribution is -2.39. The summed E-state index contributed by atoms with van der Waals surface area (Å²) in [6.45, 7) is -2.92. The van der Waals surface area contributed by atoms with Crippen molar-refractivity contribution in [2.24, 2.45) is 0 Å². The fourth-order valence-electron chi connectivity index (χ4n) is 2.47. The first-order chi connectivity index (χ1) is 13.3. The minimum atomic E-state index is -2.92. The van der Waals surface area contributed by atoms with E-state index in [1.165, 1.54) is 37.4 Å². The monoisotopic (exact) mass is 398 g/mol. The molecule has 0 aliphatic carbocycles. The fraction of sp³-hybridized carbons (Fsp3) is 0.263. The number of nitrogens with one attached hydrogen (secondary N) is 2. The Morgan fingerprint density at radius 3 is 2.29 bits per heavy atom. The molecule has 1 atom stereocenters. The molecule has 1 unspecified atom stereocenters. The van der Waals surface area contributed by atoms with E-state index in [9.17, 15) is 27.2 Å². The number of likely N-dealkylation sites (N-methyl/N-ethyl adjacent to an activating group) is 1. The largest absolute Gasteiger partial charge is 0.435 e. The molecule has 0 fully saturated rings. The van der Waals surface area contributed by atoms with E-state index < -0.39 is 36.1 Å². The summed E-state index contributed by atoms with van der Waals surface area (Å²) in [6, 6.07) is 7.53. The Bertz CT molecular complexity index is 828. The maximum Gasteiger partial charge on any atom is 0.387 e. The van der Waals surface area contributed by atoms with E-state index in [4.69, 9.17) is 0 Å². The van der Waals surface area contributed by atoms with Gasteiger partial charge in [-0.1, -0.05) is 18.2 Å². The van der Waals surface area contributed by atoms with Gasteiger partial charge in [0.1, 0.15) is 11.8 Å². The van der Waals surface area contributed by atoms with Crippen LogP contribution in [0.5, 0.6) is 5.75 Å². The van der Waals surface area contributed by atoms with Crippen LogP contribution in [0, 0.1) is 11.6 Å². The van der Waals surface area contributed by atoms with Crippen LogP contribution in [-0.4, -0.2) is 25.5 Å². The SMILES string of the molecule is CNC(=O)C(NC(=O)CCc1ccc(OC(F)F)cc1)c1ccc(F)c(F)c1. The highest BCUT2D eigenvalue weighted by molar-refractivity contribution is 5.88. The van der Waals surface area contributed by atoms with Gasteiger partial charge < -0.3 is 15.4 Å². The Labute approximate surface area is 158 Å². The molecule has 0 aliphatic rings. The summed E-state index contributed by atoms with van der Waals surface area (Å²) in [5.74, 6) is -3.28. The number of ether oxygens (including phenoxy) is 1. The number of halogens is 4. The third-order valence-corrected chi connectivity index (χ3v) is 3.88. The maximum atomic E-state index is 13.4. The van der Waals surface area contributed by atoms with Gasteiger partial charge in [-0.2, -0.15) is 8.78 Å². The second kappa shape index (κ2) is 9.72. The van der Waals surface area contributed by atoms with Crippen LogP contribution in [0.15, 0.2) is 42.5 Å². The zero-order valence-electron chi connectivity index (χ0n) is 14.8. The standard InChI is InChI=1S/C19H18F4N2O3/c1-24-18(27)17(12-5-8-14(20)15(21)10-12)25-16(26)9-4-11-2-6-13(7-3-11)28-19(22)23/h2-3,5-8,10,17,19H,4,9H2,1H3,(H,24,27)(H,25,26). The normalized spacial score (nSPS) is 11.8. The van der Waals surface area contributed by atoms with Crippen LogP contribution in [0.1, 0.15) is 23.6 Å². The number of aryl methyl sites for hydroxylation is 1. The number of alkyl halides is 2. The lowest BCUT2D eigenvalue weighted by atomic mass is 10.0. The molecule has 0 radical (unpaired) electrons. The van der Waals surface area contributed by atoms with Crippen LogP contribution in [0.2, 0.25) is 0 Å². The van der Waals surface area contributed by atoms with Crippen molar-refractivity contribution in [3.8, 4) is 5.75 Å². The van der Waals surface area contributed by atoms with Crippen LogP contribution < -0.4 is 15.4 Å². The van der Waals surface area contributed by atoms with Crippen molar-refractivity contribution < 1.29 is 31.9 Å². The van der Waals surface area contributed by atoms with Crippen molar-refractivity contribution in [2.75, 3.05) is 7.05 Å². The lowest BCUT2D eigenvalue weighted by Gasteiger charge is -2.18. The van der Waals surface area contributed by atoms with E-state index in [1.54, 1.807) is 0 Å². The van der Waals surface area contributed by atoms with Gasteiger partial charge in [0.15, 0.2) is 11.6 Å². The average molecular weight is 398 g/mol. The minimum Gasteiger partial charge on any atom is -0.435 e. The maximum absolute atomic E-state index is 13.4. The second-order valence-electron chi connectivity index (χ2n) is 5.81. The van der Waals surface area contributed by atoms with E-state index in [2.05, 4.69) is 15.4 Å². The predicted molar refractivity (Wildman–Crippen MR) is 92.7 cm³/mol. The Hall–Kier alpha value is -3.10. The molecule has 5 nitrogen and oxygen atoms in total. The van der Waals surface area contributed by atoms with Gasteiger partial charge in [0.25, 0.3) is 0 Å². The molecule has 2 aromatic carbocycles. The molecule has 28 heavy (non-hydrogen) atoms. The Kier molecular flexibility index (Phi) is 7.36. The highest BCUT2D eigenvalue weighted by Crippen LogP contribution is 2.18. The summed E-state index contributed by atoms with van der Waals surface area (Å²) in [5.41, 5.74) is 0.793. The number of benzene rings is 2. The lowest BCUT2D eigenvalue weighted by molar-refractivity contribution is -0.128. The van der Waals surface area contributed by atoms with Gasteiger partial charge in [0.2, 0.25) is 11.8 Å².